The van der Waals surface area contributed by atoms with E-state index in [1.807, 2.05) is 42.3 Å². The Balaban J connectivity index is 2.27. The molecule has 0 fully saturated rings. The molecule has 0 aliphatic rings. The van der Waals surface area contributed by atoms with Gasteiger partial charge in [0, 0.05) is 18.6 Å². The highest BCUT2D eigenvalue weighted by Gasteiger charge is 2.15. The average Bonchev–Trinajstić information content (AvgIpc) is 2.46. The number of esters is 1. The van der Waals surface area contributed by atoms with Crippen LogP contribution < -0.4 is 10.6 Å². The second-order valence-electron chi connectivity index (χ2n) is 4.72. The van der Waals surface area contributed by atoms with Crippen molar-refractivity contribution in [3.8, 4) is 0 Å². The van der Waals surface area contributed by atoms with Crippen molar-refractivity contribution in [2.75, 3.05) is 24.8 Å². The van der Waals surface area contributed by atoms with Gasteiger partial charge in [-0.15, -0.1) is 0 Å². The molecule has 2 rings (SSSR count). The lowest BCUT2D eigenvalue weighted by atomic mass is 10.1. The Morgan fingerprint density at radius 3 is 2.67 bits per heavy atom. The van der Waals surface area contributed by atoms with Crippen LogP contribution in [0.25, 0.3) is 0 Å². The molecule has 0 aliphatic carbocycles. The van der Waals surface area contributed by atoms with Gasteiger partial charge in [-0.25, -0.2) is 4.79 Å². The quantitative estimate of drug-likeness (QED) is 0.695. The number of ether oxygens (including phenoxy) is 1. The van der Waals surface area contributed by atoms with Crippen LogP contribution in [0.15, 0.2) is 42.5 Å². The normalized spacial score (nSPS) is 10.2. The minimum Gasteiger partial charge on any atom is -0.465 e. The number of rotatable bonds is 4. The molecular weight excluding hydrogens is 288 g/mol. The first-order chi connectivity index (χ1) is 10.0. The van der Waals surface area contributed by atoms with Crippen molar-refractivity contribution in [3.63, 3.8) is 0 Å². The van der Waals surface area contributed by atoms with Crippen LogP contribution >= 0.6 is 11.6 Å². The molecule has 0 saturated carbocycles. The molecule has 2 aromatic carbocycles. The summed E-state index contributed by atoms with van der Waals surface area (Å²) in [5.41, 5.74) is 8.69. The van der Waals surface area contributed by atoms with Crippen molar-refractivity contribution in [3.05, 3.63) is 58.6 Å². The molecule has 2 aromatic rings. The van der Waals surface area contributed by atoms with Crippen LogP contribution in [-0.2, 0) is 11.3 Å². The topological polar surface area (TPSA) is 55.6 Å². The standard InChI is InChI=1S/C16H17ClN2O2/c1-19(10-11-5-3-6-12(17)9-11)14-8-4-7-13(15(14)18)16(20)21-2/h3-9H,10,18H2,1-2H3. The summed E-state index contributed by atoms with van der Waals surface area (Å²) in [5, 5.41) is 0.692. The van der Waals surface area contributed by atoms with Gasteiger partial charge in [-0.05, 0) is 29.8 Å². The van der Waals surface area contributed by atoms with E-state index in [9.17, 15) is 4.79 Å². The lowest BCUT2D eigenvalue weighted by Gasteiger charge is -2.22. The van der Waals surface area contributed by atoms with Crippen LogP contribution in [0.4, 0.5) is 11.4 Å². The zero-order valence-corrected chi connectivity index (χ0v) is 12.7. The molecule has 0 amide bonds. The summed E-state index contributed by atoms with van der Waals surface area (Å²) < 4.78 is 4.73. The van der Waals surface area contributed by atoms with Gasteiger partial charge in [-0.1, -0.05) is 29.8 Å². The highest BCUT2D eigenvalue weighted by atomic mass is 35.5. The summed E-state index contributed by atoms with van der Waals surface area (Å²) in [5.74, 6) is -0.439. The fraction of sp³-hybridized carbons (Fsp3) is 0.188. The third-order valence-electron chi connectivity index (χ3n) is 3.21. The first-order valence-electron chi connectivity index (χ1n) is 6.45. The number of nitrogens with zero attached hydrogens (tertiary/aromatic N) is 1. The van der Waals surface area contributed by atoms with Gasteiger partial charge < -0.3 is 15.4 Å². The van der Waals surface area contributed by atoms with E-state index in [1.54, 1.807) is 12.1 Å². The molecule has 0 spiro atoms. The number of carbonyl (C=O) groups is 1. The van der Waals surface area contributed by atoms with Gasteiger partial charge in [0.1, 0.15) is 0 Å². The second-order valence-corrected chi connectivity index (χ2v) is 5.15. The van der Waals surface area contributed by atoms with Crippen molar-refractivity contribution in [2.45, 2.75) is 6.54 Å². The van der Waals surface area contributed by atoms with Gasteiger partial charge in [0.25, 0.3) is 0 Å². The monoisotopic (exact) mass is 304 g/mol. The Morgan fingerprint density at radius 1 is 1.29 bits per heavy atom. The Hall–Kier alpha value is -2.20. The first-order valence-corrected chi connectivity index (χ1v) is 6.83. The largest absolute Gasteiger partial charge is 0.465 e. The van der Waals surface area contributed by atoms with Crippen LogP contribution in [0.1, 0.15) is 15.9 Å². The summed E-state index contributed by atoms with van der Waals surface area (Å²) in [6.45, 7) is 0.634. The van der Waals surface area contributed by atoms with Crippen LogP contribution in [-0.4, -0.2) is 20.1 Å². The Morgan fingerprint density at radius 2 is 2.00 bits per heavy atom. The van der Waals surface area contributed by atoms with E-state index in [4.69, 9.17) is 22.1 Å². The number of hydrogen-bond acceptors (Lipinski definition) is 4. The minimum absolute atomic E-state index is 0.368. The molecule has 0 bridgehead atoms. The molecule has 0 radical (unpaired) electrons. The minimum atomic E-state index is -0.439. The maximum absolute atomic E-state index is 11.7. The number of para-hydroxylation sites is 1. The first kappa shape index (κ1) is 15.2. The molecule has 0 saturated heterocycles. The van der Waals surface area contributed by atoms with Crippen LogP contribution in [0.5, 0.6) is 0 Å². The summed E-state index contributed by atoms with van der Waals surface area (Å²) >= 11 is 5.99. The lowest BCUT2D eigenvalue weighted by Crippen LogP contribution is -2.19. The van der Waals surface area contributed by atoms with Crippen molar-refractivity contribution in [1.29, 1.82) is 0 Å². The molecule has 0 unspecified atom stereocenters. The number of nitrogen functional groups attached to an aromatic ring is 1. The maximum atomic E-state index is 11.7. The van der Waals surface area contributed by atoms with Crippen molar-refractivity contribution < 1.29 is 9.53 Å². The van der Waals surface area contributed by atoms with Gasteiger partial charge in [0.15, 0.2) is 0 Å². The lowest BCUT2D eigenvalue weighted by molar-refractivity contribution is 0.0602. The molecule has 0 atom stereocenters. The second kappa shape index (κ2) is 6.50. The number of anilines is 2. The van der Waals surface area contributed by atoms with Crippen LogP contribution in [0.2, 0.25) is 5.02 Å². The highest BCUT2D eigenvalue weighted by molar-refractivity contribution is 6.30. The number of benzene rings is 2. The van der Waals surface area contributed by atoms with E-state index in [-0.39, 0.29) is 0 Å². The van der Waals surface area contributed by atoms with Gasteiger partial charge in [-0.3, -0.25) is 0 Å². The number of hydrogen-bond donors (Lipinski definition) is 1. The van der Waals surface area contributed by atoms with Gasteiger partial charge in [0.2, 0.25) is 0 Å². The van der Waals surface area contributed by atoms with Gasteiger partial charge in [-0.2, -0.15) is 0 Å². The van der Waals surface area contributed by atoms with E-state index >= 15 is 0 Å². The van der Waals surface area contributed by atoms with Crippen LogP contribution in [0.3, 0.4) is 0 Å². The van der Waals surface area contributed by atoms with E-state index in [1.165, 1.54) is 7.11 Å². The van der Waals surface area contributed by atoms with E-state index in [0.717, 1.165) is 11.3 Å². The van der Waals surface area contributed by atoms with Crippen molar-refractivity contribution in [2.24, 2.45) is 0 Å². The predicted octanol–water partition coefficient (Wildman–Crippen LogP) is 3.35. The molecule has 2 N–H and O–H groups in total. The predicted molar refractivity (Wildman–Crippen MR) is 85.8 cm³/mol. The SMILES string of the molecule is COC(=O)c1cccc(N(C)Cc2cccc(Cl)c2)c1N. The zero-order chi connectivity index (χ0) is 15.4. The average molecular weight is 305 g/mol. The van der Waals surface area contributed by atoms with Gasteiger partial charge >= 0.3 is 5.97 Å². The Labute approximate surface area is 129 Å². The van der Waals surface area contributed by atoms with E-state index in [0.29, 0.717) is 22.8 Å². The molecule has 5 heteroatoms. The number of carbonyl (C=O) groups excluding carboxylic acids is 1. The summed E-state index contributed by atoms with van der Waals surface area (Å²) in [6, 6.07) is 12.9. The maximum Gasteiger partial charge on any atom is 0.340 e. The zero-order valence-electron chi connectivity index (χ0n) is 12.0. The molecule has 0 aromatic heterocycles. The highest BCUT2D eigenvalue weighted by Crippen LogP contribution is 2.27. The summed E-state index contributed by atoms with van der Waals surface area (Å²) in [7, 11) is 3.25. The molecule has 21 heavy (non-hydrogen) atoms. The van der Waals surface area contributed by atoms with Crippen molar-refractivity contribution >= 4 is 28.9 Å². The fourth-order valence-electron chi connectivity index (χ4n) is 2.17. The molecule has 0 aliphatic heterocycles. The van der Waals surface area contributed by atoms with E-state index < -0.39 is 5.97 Å². The summed E-state index contributed by atoms with van der Waals surface area (Å²) in [4.78, 5) is 13.6. The third kappa shape index (κ3) is 3.47. The Kier molecular flexibility index (Phi) is 4.70. The van der Waals surface area contributed by atoms with Crippen LogP contribution in [0, 0.1) is 0 Å². The number of nitrogens with two attached hydrogens (primary N) is 1. The van der Waals surface area contributed by atoms with Crippen molar-refractivity contribution in [1.82, 2.24) is 0 Å². The third-order valence-corrected chi connectivity index (χ3v) is 3.44. The van der Waals surface area contributed by atoms with Gasteiger partial charge in [0.05, 0.1) is 24.0 Å². The molecular formula is C16H17ClN2O2. The molecule has 0 heterocycles. The Bertz CT molecular complexity index is 658. The number of methoxy groups -OCH3 is 1. The fourth-order valence-corrected chi connectivity index (χ4v) is 2.38. The molecule has 4 nitrogen and oxygen atoms in total. The number of halogens is 1. The summed E-state index contributed by atoms with van der Waals surface area (Å²) in [6.07, 6.45) is 0. The smallest absolute Gasteiger partial charge is 0.340 e. The molecule has 110 valence electrons. The van der Waals surface area contributed by atoms with E-state index in [2.05, 4.69) is 0 Å².